The van der Waals surface area contributed by atoms with Gasteiger partial charge in [0.15, 0.2) is 0 Å². The second-order valence-electron chi connectivity index (χ2n) is 3.91. The predicted molar refractivity (Wildman–Crippen MR) is 82.5 cm³/mol. The number of methoxy groups -OCH3 is 3. The van der Waals surface area contributed by atoms with Gasteiger partial charge in [-0.3, -0.25) is 4.79 Å². The fourth-order valence-corrected chi connectivity index (χ4v) is 1.49. The highest BCUT2D eigenvalue weighted by Crippen LogP contribution is 2.12. The summed E-state index contributed by atoms with van der Waals surface area (Å²) in [5.41, 5.74) is 0.348. The Morgan fingerprint density at radius 1 is 0.909 bits per heavy atom. The highest BCUT2D eigenvalue weighted by molar-refractivity contribution is 6.68. The summed E-state index contributed by atoms with van der Waals surface area (Å²) in [4.78, 5) is 21.9. The molecule has 0 N–H and O–H groups in total. The highest BCUT2D eigenvalue weighted by atomic mass is 35.5. The molecule has 1 aromatic carbocycles. The first-order valence-electron chi connectivity index (χ1n) is 6.51. The van der Waals surface area contributed by atoms with Gasteiger partial charge < -0.3 is 18.9 Å². The number of halogens is 1. The Morgan fingerprint density at radius 2 is 1.41 bits per heavy atom. The van der Waals surface area contributed by atoms with Crippen molar-refractivity contribution in [1.29, 1.82) is 0 Å². The monoisotopic (exact) mass is 332 g/mol. The quantitative estimate of drug-likeness (QED) is 0.412. The van der Waals surface area contributed by atoms with E-state index in [0.717, 1.165) is 0 Å². The van der Waals surface area contributed by atoms with E-state index in [9.17, 15) is 9.59 Å². The van der Waals surface area contributed by atoms with Gasteiger partial charge in [0.1, 0.15) is 0 Å². The lowest BCUT2D eigenvalue weighted by Crippen LogP contribution is -2.06. The van der Waals surface area contributed by atoms with E-state index >= 15 is 0 Å². The van der Waals surface area contributed by atoms with Crippen LogP contribution in [0.5, 0.6) is 0 Å². The molecule has 0 radical (unpaired) electrons. The molecule has 7 heteroatoms. The number of hydrogen-bond acceptors (Lipinski definition) is 6. The molecule has 22 heavy (non-hydrogen) atoms. The van der Waals surface area contributed by atoms with E-state index in [0.29, 0.717) is 26.4 Å². The van der Waals surface area contributed by atoms with Crippen LogP contribution >= 0.6 is 11.6 Å². The smallest absolute Gasteiger partial charge is 0.338 e. The van der Waals surface area contributed by atoms with Crippen LogP contribution in [-0.4, -0.2) is 59.0 Å². The Bertz CT molecular complexity index is 443. The average Bonchev–Trinajstić information content (AvgIpc) is 2.54. The van der Waals surface area contributed by atoms with Gasteiger partial charge in [-0.05, 0) is 23.7 Å². The number of ether oxygens (including phenoxy) is 4. The van der Waals surface area contributed by atoms with Crippen LogP contribution in [0, 0.1) is 0 Å². The van der Waals surface area contributed by atoms with Gasteiger partial charge in [0.25, 0.3) is 5.24 Å². The molecule has 0 heterocycles. The SMILES string of the molecule is COC(=O)c1ccccc1C(=O)Cl.COCCOCCOC. The maximum Gasteiger partial charge on any atom is 0.338 e. The fraction of sp³-hybridized carbons (Fsp3) is 0.467. The number of rotatable bonds is 8. The Hall–Kier alpha value is -1.47. The molecule has 1 rings (SSSR count). The molecule has 0 aliphatic rings. The van der Waals surface area contributed by atoms with E-state index < -0.39 is 11.2 Å². The normalized spacial score (nSPS) is 9.64. The first-order chi connectivity index (χ1) is 10.6. The van der Waals surface area contributed by atoms with E-state index in [-0.39, 0.29) is 11.1 Å². The molecule has 0 aliphatic carbocycles. The molecule has 0 atom stereocenters. The molecular formula is C15H21ClO6. The number of benzene rings is 1. The zero-order chi connectivity index (χ0) is 16.8. The molecule has 0 spiro atoms. The molecule has 0 unspecified atom stereocenters. The van der Waals surface area contributed by atoms with E-state index in [1.807, 2.05) is 0 Å². The average molecular weight is 333 g/mol. The third kappa shape index (κ3) is 8.74. The van der Waals surface area contributed by atoms with Crippen LogP contribution in [0.3, 0.4) is 0 Å². The molecular weight excluding hydrogens is 312 g/mol. The van der Waals surface area contributed by atoms with Crippen molar-refractivity contribution in [1.82, 2.24) is 0 Å². The number of hydrogen-bond donors (Lipinski definition) is 0. The topological polar surface area (TPSA) is 71.1 Å². The van der Waals surface area contributed by atoms with Crippen LogP contribution in [0.1, 0.15) is 20.7 Å². The van der Waals surface area contributed by atoms with E-state index in [1.165, 1.54) is 19.2 Å². The van der Waals surface area contributed by atoms with E-state index in [1.54, 1.807) is 26.4 Å². The van der Waals surface area contributed by atoms with Crippen LogP contribution in [0.15, 0.2) is 24.3 Å². The highest BCUT2D eigenvalue weighted by Gasteiger charge is 2.14. The lowest BCUT2D eigenvalue weighted by Gasteiger charge is -2.02. The van der Waals surface area contributed by atoms with E-state index in [2.05, 4.69) is 4.74 Å². The Morgan fingerprint density at radius 3 is 1.82 bits per heavy atom. The van der Waals surface area contributed by atoms with Crippen LogP contribution in [0.25, 0.3) is 0 Å². The molecule has 0 fully saturated rings. The first-order valence-corrected chi connectivity index (χ1v) is 6.89. The second kappa shape index (κ2) is 13.2. The van der Waals surface area contributed by atoms with Gasteiger partial charge in [-0.2, -0.15) is 0 Å². The van der Waals surface area contributed by atoms with Crippen molar-refractivity contribution in [2.45, 2.75) is 0 Å². The van der Waals surface area contributed by atoms with Crippen molar-refractivity contribution in [3.8, 4) is 0 Å². The molecule has 0 bridgehead atoms. The van der Waals surface area contributed by atoms with Crippen LogP contribution in [0.2, 0.25) is 0 Å². The molecule has 1 aromatic rings. The summed E-state index contributed by atoms with van der Waals surface area (Å²) in [6.07, 6.45) is 0. The minimum Gasteiger partial charge on any atom is -0.465 e. The number of carbonyl (C=O) groups excluding carboxylic acids is 2. The van der Waals surface area contributed by atoms with Gasteiger partial charge in [0.2, 0.25) is 0 Å². The van der Waals surface area contributed by atoms with Crippen molar-refractivity contribution < 1.29 is 28.5 Å². The molecule has 0 saturated carbocycles. The third-order valence-corrected chi connectivity index (χ3v) is 2.61. The summed E-state index contributed by atoms with van der Waals surface area (Å²) in [7, 11) is 4.55. The summed E-state index contributed by atoms with van der Waals surface area (Å²) in [5.74, 6) is -0.565. The van der Waals surface area contributed by atoms with Crippen molar-refractivity contribution in [2.24, 2.45) is 0 Å². The summed E-state index contributed by atoms with van der Waals surface area (Å²) in [6, 6.07) is 6.22. The first kappa shape index (κ1) is 20.5. The van der Waals surface area contributed by atoms with Crippen LogP contribution in [-0.2, 0) is 18.9 Å². The van der Waals surface area contributed by atoms with Gasteiger partial charge in [-0.15, -0.1) is 0 Å². The maximum absolute atomic E-state index is 11.1. The number of carbonyl (C=O) groups is 2. The summed E-state index contributed by atoms with van der Waals surface area (Å²) in [6.45, 7) is 2.62. The zero-order valence-electron chi connectivity index (χ0n) is 13.0. The largest absolute Gasteiger partial charge is 0.465 e. The third-order valence-electron chi connectivity index (χ3n) is 2.41. The van der Waals surface area contributed by atoms with Gasteiger partial charge in [0.05, 0.1) is 39.1 Å². The van der Waals surface area contributed by atoms with Gasteiger partial charge in [0, 0.05) is 19.8 Å². The predicted octanol–water partition coefficient (Wildman–Crippen LogP) is 2.15. The van der Waals surface area contributed by atoms with Gasteiger partial charge in [-0.25, -0.2) is 4.79 Å². The van der Waals surface area contributed by atoms with Crippen molar-refractivity contribution >= 4 is 22.8 Å². The fourth-order valence-electron chi connectivity index (χ4n) is 1.33. The Labute approximate surface area is 135 Å². The Balaban J connectivity index is 0.000000433. The molecule has 0 aromatic heterocycles. The number of esters is 1. The summed E-state index contributed by atoms with van der Waals surface area (Å²) < 4.78 is 19.1. The van der Waals surface area contributed by atoms with Gasteiger partial charge in [-0.1, -0.05) is 12.1 Å². The van der Waals surface area contributed by atoms with Crippen molar-refractivity contribution in [3.63, 3.8) is 0 Å². The molecule has 124 valence electrons. The van der Waals surface area contributed by atoms with Crippen molar-refractivity contribution in [2.75, 3.05) is 47.8 Å². The minimum atomic E-state index is -0.666. The molecule has 6 nitrogen and oxygen atoms in total. The summed E-state index contributed by atoms with van der Waals surface area (Å²) in [5, 5.41) is -0.666. The second-order valence-corrected chi connectivity index (χ2v) is 4.25. The lowest BCUT2D eigenvalue weighted by atomic mass is 10.1. The maximum atomic E-state index is 11.1. The van der Waals surface area contributed by atoms with Crippen molar-refractivity contribution in [3.05, 3.63) is 35.4 Å². The molecule has 0 saturated heterocycles. The lowest BCUT2D eigenvalue weighted by molar-refractivity contribution is 0.0385. The van der Waals surface area contributed by atoms with E-state index in [4.69, 9.17) is 25.8 Å². The zero-order valence-corrected chi connectivity index (χ0v) is 13.7. The van der Waals surface area contributed by atoms with Gasteiger partial charge >= 0.3 is 5.97 Å². The van der Waals surface area contributed by atoms with Crippen LogP contribution < -0.4 is 0 Å². The molecule has 0 aliphatic heterocycles. The van der Waals surface area contributed by atoms with Crippen LogP contribution in [0.4, 0.5) is 0 Å². The Kier molecular flexibility index (Phi) is 12.3. The molecule has 0 amide bonds. The minimum absolute atomic E-state index is 0.163. The summed E-state index contributed by atoms with van der Waals surface area (Å²) >= 11 is 5.26. The standard InChI is InChI=1S/C9H7ClO3.C6H14O3/c1-13-9(12)7-5-3-2-4-6(7)8(10)11;1-7-3-5-9-6-4-8-2/h2-5H,1H3;3-6H2,1-2H3.